The SMILES string of the molecule is O=C(CCc1c[nH]c2ccccc12)NC(NC(=O)NCCO)c1ccc(-c2ccccc2)cc1. The molecule has 0 saturated heterocycles. The predicted octanol–water partition coefficient (Wildman–Crippen LogP) is 3.87. The summed E-state index contributed by atoms with van der Waals surface area (Å²) in [7, 11) is 0. The molecule has 0 spiro atoms. The number of benzene rings is 3. The minimum Gasteiger partial charge on any atom is -0.395 e. The van der Waals surface area contributed by atoms with Crippen molar-refractivity contribution in [1.29, 1.82) is 0 Å². The molecule has 7 nitrogen and oxygen atoms in total. The summed E-state index contributed by atoms with van der Waals surface area (Å²) in [6, 6.07) is 25.2. The molecule has 3 amide bonds. The first kappa shape index (κ1) is 23.1. The number of carbonyl (C=O) groups excluding carboxylic acids is 2. The van der Waals surface area contributed by atoms with Crippen LogP contribution >= 0.6 is 0 Å². The van der Waals surface area contributed by atoms with Crippen LogP contribution in [-0.4, -0.2) is 35.2 Å². The lowest BCUT2D eigenvalue weighted by atomic mass is 10.0. The van der Waals surface area contributed by atoms with E-state index in [0.717, 1.165) is 33.2 Å². The Hall–Kier alpha value is -4.10. The summed E-state index contributed by atoms with van der Waals surface area (Å²) in [5.74, 6) is -0.176. The molecule has 0 radical (unpaired) electrons. The van der Waals surface area contributed by atoms with Crippen molar-refractivity contribution in [3.05, 3.63) is 96.2 Å². The molecule has 34 heavy (non-hydrogen) atoms. The minimum absolute atomic E-state index is 0.125. The number of aliphatic hydroxyl groups is 1. The Morgan fingerprint density at radius 1 is 0.853 bits per heavy atom. The average molecular weight is 457 g/mol. The van der Waals surface area contributed by atoms with Crippen LogP contribution < -0.4 is 16.0 Å². The molecule has 0 aliphatic heterocycles. The normalized spacial score (nSPS) is 11.7. The maximum absolute atomic E-state index is 12.8. The van der Waals surface area contributed by atoms with Gasteiger partial charge in [0.25, 0.3) is 0 Å². The molecule has 1 atom stereocenters. The lowest BCUT2D eigenvalue weighted by molar-refractivity contribution is -0.121. The average Bonchev–Trinajstić information content (AvgIpc) is 3.29. The fourth-order valence-electron chi connectivity index (χ4n) is 3.87. The van der Waals surface area contributed by atoms with Gasteiger partial charge in [-0.05, 0) is 34.7 Å². The number of amides is 3. The van der Waals surface area contributed by atoms with Crippen molar-refractivity contribution in [2.24, 2.45) is 0 Å². The number of aromatic nitrogens is 1. The van der Waals surface area contributed by atoms with Gasteiger partial charge < -0.3 is 26.0 Å². The molecule has 1 heterocycles. The molecular weight excluding hydrogens is 428 g/mol. The Bertz CT molecular complexity index is 1240. The Morgan fingerprint density at radius 3 is 2.32 bits per heavy atom. The molecular formula is C27H28N4O3. The quantitative estimate of drug-likeness (QED) is 0.247. The predicted molar refractivity (Wildman–Crippen MR) is 133 cm³/mol. The Labute approximate surface area is 198 Å². The zero-order valence-corrected chi connectivity index (χ0v) is 18.8. The van der Waals surface area contributed by atoms with Crippen molar-refractivity contribution in [3.8, 4) is 11.1 Å². The lowest BCUT2D eigenvalue weighted by Gasteiger charge is -2.21. The van der Waals surface area contributed by atoms with Crippen LogP contribution in [0.15, 0.2) is 85.1 Å². The monoisotopic (exact) mass is 456 g/mol. The van der Waals surface area contributed by atoms with Gasteiger partial charge in [0.05, 0.1) is 6.61 Å². The van der Waals surface area contributed by atoms with E-state index in [1.54, 1.807) is 0 Å². The number of H-pyrrole nitrogens is 1. The van der Waals surface area contributed by atoms with E-state index in [4.69, 9.17) is 5.11 Å². The van der Waals surface area contributed by atoms with E-state index in [0.29, 0.717) is 6.42 Å². The second-order valence-electron chi connectivity index (χ2n) is 7.97. The number of para-hydroxylation sites is 1. The number of aliphatic hydroxyl groups excluding tert-OH is 1. The van der Waals surface area contributed by atoms with Crippen LogP contribution in [0, 0.1) is 0 Å². The highest BCUT2D eigenvalue weighted by atomic mass is 16.3. The largest absolute Gasteiger partial charge is 0.395 e. The zero-order chi connectivity index (χ0) is 23.8. The van der Waals surface area contributed by atoms with Gasteiger partial charge in [-0.1, -0.05) is 72.8 Å². The highest BCUT2D eigenvalue weighted by Gasteiger charge is 2.18. The van der Waals surface area contributed by atoms with Crippen molar-refractivity contribution in [2.45, 2.75) is 19.0 Å². The molecule has 5 N–H and O–H groups in total. The fourth-order valence-corrected chi connectivity index (χ4v) is 3.87. The third-order valence-corrected chi connectivity index (χ3v) is 5.63. The molecule has 0 aliphatic rings. The number of hydrogen-bond acceptors (Lipinski definition) is 3. The molecule has 7 heteroatoms. The summed E-state index contributed by atoms with van der Waals surface area (Å²) in [5.41, 5.74) is 4.99. The van der Waals surface area contributed by atoms with Crippen LogP contribution in [-0.2, 0) is 11.2 Å². The van der Waals surface area contributed by atoms with Crippen LogP contribution in [0.5, 0.6) is 0 Å². The summed E-state index contributed by atoms with van der Waals surface area (Å²) < 4.78 is 0. The third kappa shape index (κ3) is 5.82. The topological polar surface area (TPSA) is 106 Å². The number of aromatic amines is 1. The first-order valence-electron chi connectivity index (χ1n) is 11.3. The van der Waals surface area contributed by atoms with Gasteiger partial charge in [0.2, 0.25) is 5.91 Å². The van der Waals surface area contributed by atoms with E-state index in [9.17, 15) is 9.59 Å². The standard InChI is InChI=1S/C27H28N4O3/c32-17-16-28-27(34)31-26(21-12-10-20(11-13-21)19-6-2-1-3-7-19)30-25(33)15-14-22-18-29-24-9-5-4-8-23(22)24/h1-13,18,26,29,32H,14-17H2,(H,30,33)(H2,28,31,34). The summed E-state index contributed by atoms with van der Waals surface area (Å²) in [6.45, 7) is -0.0408. The summed E-state index contributed by atoms with van der Waals surface area (Å²) in [6.07, 6.45) is 2.07. The van der Waals surface area contributed by atoms with E-state index in [-0.39, 0.29) is 25.5 Å². The first-order chi connectivity index (χ1) is 16.6. The molecule has 0 saturated carbocycles. The van der Waals surface area contributed by atoms with E-state index >= 15 is 0 Å². The number of aryl methyl sites for hydroxylation is 1. The van der Waals surface area contributed by atoms with Crippen molar-refractivity contribution in [3.63, 3.8) is 0 Å². The van der Waals surface area contributed by atoms with E-state index in [1.807, 2.05) is 85.1 Å². The Kier molecular flexibility index (Phi) is 7.57. The van der Waals surface area contributed by atoms with Crippen molar-refractivity contribution >= 4 is 22.8 Å². The molecule has 4 aromatic rings. The van der Waals surface area contributed by atoms with E-state index < -0.39 is 12.2 Å². The number of carbonyl (C=O) groups is 2. The molecule has 1 aromatic heterocycles. The van der Waals surface area contributed by atoms with Crippen LogP contribution in [0.2, 0.25) is 0 Å². The van der Waals surface area contributed by atoms with Crippen LogP contribution in [0.25, 0.3) is 22.0 Å². The van der Waals surface area contributed by atoms with E-state index in [1.165, 1.54) is 0 Å². The van der Waals surface area contributed by atoms with Crippen LogP contribution in [0.4, 0.5) is 4.79 Å². The fraction of sp³-hybridized carbons (Fsp3) is 0.185. The van der Waals surface area contributed by atoms with Crippen molar-refractivity contribution in [1.82, 2.24) is 20.9 Å². The maximum Gasteiger partial charge on any atom is 0.316 e. The molecule has 0 aliphatic carbocycles. The highest BCUT2D eigenvalue weighted by molar-refractivity contribution is 5.84. The van der Waals surface area contributed by atoms with Gasteiger partial charge >= 0.3 is 6.03 Å². The number of urea groups is 1. The molecule has 0 fully saturated rings. The summed E-state index contributed by atoms with van der Waals surface area (Å²) in [5, 5.41) is 18.3. The van der Waals surface area contributed by atoms with Gasteiger partial charge in [0.15, 0.2) is 0 Å². The number of fused-ring (bicyclic) bond motifs is 1. The third-order valence-electron chi connectivity index (χ3n) is 5.63. The molecule has 0 bridgehead atoms. The molecule has 4 rings (SSSR count). The smallest absolute Gasteiger partial charge is 0.316 e. The molecule has 3 aromatic carbocycles. The number of nitrogens with one attached hydrogen (secondary N) is 4. The van der Waals surface area contributed by atoms with Crippen molar-refractivity contribution < 1.29 is 14.7 Å². The van der Waals surface area contributed by atoms with Gasteiger partial charge in [-0.3, -0.25) is 4.79 Å². The van der Waals surface area contributed by atoms with Crippen LogP contribution in [0.3, 0.4) is 0 Å². The van der Waals surface area contributed by atoms with Gasteiger partial charge in [-0.2, -0.15) is 0 Å². The summed E-state index contributed by atoms with van der Waals surface area (Å²) in [4.78, 5) is 28.3. The zero-order valence-electron chi connectivity index (χ0n) is 18.8. The second kappa shape index (κ2) is 11.2. The number of hydrogen-bond donors (Lipinski definition) is 5. The van der Waals surface area contributed by atoms with Crippen molar-refractivity contribution in [2.75, 3.05) is 13.2 Å². The van der Waals surface area contributed by atoms with E-state index in [2.05, 4.69) is 20.9 Å². The summed E-state index contributed by atoms with van der Waals surface area (Å²) >= 11 is 0. The molecule has 174 valence electrons. The molecule has 1 unspecified atom stereocenters. The maximum atomic E-state index is 12.8. The van der Waals surface area contributed by atoms with Gasteiger partial charge in [0, 0.05) is 30.1 Å². The Morgan fingerprint density at radius 2 is 1.56 bits per heavy atom. The minimum atomic E-state index is -0.709. The van der Waals surface area contributed by atoms with Gasteiger partial charge in [-0.25, -0.2) is 4.79 Å². The number of rotatable bonds is 9. The Balaban J connectivity index is 1.45. The first-order valence-corrected chi connectivity index (χ1v) is 11.3. The highest BCUT2D eigenvalue weighted by Crippen LogP contribution is 2.22. The second-order valence-corrected chi connectivity index (χ2v) is 7.97. The van der Waals surface area contributed by atoms with Gasteiger partial charge in [-0.15, -0.1) is 0 Å². The van der Waals surface area contributed by atoms with Crippen LogP contribution in [0.1, 0.15) is 23.7 Å². The lowest BCUT2D eigenvalue weighted by Crippen LogP contribution is -2.46. The van der Waals surface area contributed by atoms with Gasteiger partial charge in [0.1, 0.15) is 6.17 Å².